The van der Waals surface area contributed by atoms with Crippen LogP contribution >= 0.6 is 23.2 Å². The maximum Gasteiger partial charge on any atom is 0.339 e. The lowest BCUT2D eigenvalue weighted by molar-refractivity contribution is -0.123. The van der Waals surface area contributed by atoms with Crippen molar-refractivity contribution < 1.29 is 23.9 Å². The number of imide groups is 1. The summed E-state index contributed by atoms with van der Waals surface area (Å²) >= 11 is 12.0. The van der Waals surface area contributed by atoms with Crippen LogP contribution in [0.4, 0.5) is 5.69 Å². The number of hydrogen-bond acceptors (Lipinski definition) is 6. The molecular formula is C35H28Cl2N2O5. The van der Waals surface area contributed by atoms with E-state index in [2.05, 4.69) is 0 Å². The number of ether oxygens (including phenoxy) is 1. The third kappa shape index (κ3) is 4.88. The predicted molar refractivity (Wildman–Crippen MR) is 168 cm³/mol. The van der Waals surface area contributed by atoms with Crippen molar-refractivity contribution in [1.29, 1.82) is 0 Å². The van der Waals surface area contributed by atoms with Gasteiger partial charge >= 0.3 is 5.97 Å². The topological polar surface area (TPSA) is 93.6 Å². The number of para-hydroxylation sites is 1. The van der Waals surface area contributed by atoms with Crippen molar-refractivity contribution in [3.05, 3.63) is 95.0 Å². The van der Waals surface area contributed by atoms with Gasteiger partial charge in [-0.2, -0.15) is 0 Å². The number of Topliss-reactive ketones (excluding diaryl/α,β-unsaturated/α-hetero) is 1. The van der Waals surface area contributed by atoms with E-state index in [-0.39, 0.29) is 47.3 Å². The van der Waals surface area contributed by atoms with Crippen LogP contribution in [0.5, 0.6) is 0 Å². The standard InChI is InChI=1S/C35H28Cl2N2O5/c36-16-15-29(32(40)20-7-11-23(37)12-8-20)44-35(43)26-18-28(38-27-4-2-1-3-25(26)27)19-9-13-24(14-10-19)39-33(41)30-21-5-6-22(17-21)31(30)34(39)42/h1-4,7-14,18,21-22,29-31H,5-6,15-17H2. The van der Waals surface area contributed by atoms with E-state index in [1.165, 1.54) is 4.90 Å². The van der Waals surface area contributed by atoms with E-state index in [4.69, 9.17) is 32.9 Å². The molecule has 2 aliphatic carbocycles. The fraction of sp³-hybridized carbons (Fsp3) is 0.286. The van der Waals surface area contributed by atoms with E-state index in [0.29, 0.717) is 50.3 Å². The molecule has 0 N–H and O–H groups in total. The molecule has 222 valence electrons. The molecule has 44 heavy (non-hydrogen) atoms. The molecule has 3 aliphatic rings. The van der Waals surface area contributed by atoms with Gasteiger partial charge in [-0.05, 0) is 79.6 Å². The Kier molecular flexibility index (Phi) is 7.47. The molecule has 3 aromatic carbocycles. The second-order valence-electron chi connectivity index (χ2n) is 11.8. The van der Waals surface area contributed by atoms with Gasteiger partial charge in [0.25, 0.3) is 0 Å². The third-order valence-electron chi connectivity index (χ3n) is 9.33. The van der Waals surface area contributed by atoms with Gasteiger partial charge in [-0.1, -0.05) is 41.9 Å². The summed E-state index contributed by atoms with van der Waals surface area (Å²) in [6.07, 6.45) is 2.10. The normalized spacial score (nSPS) is 22.8. The molecule has 1 saturated heterocycles. The zero-order chi connectivity index (χ0) is 30.5. The number of pyridine rings is 1. The zero-order valence-electron chi connectivity index (χ0n) is 23.6. The second kappa shape index (κ2) is 11.5. The lowest BCUT2D eigenvalue weighted by Crippen LogP contribution is -2.32. The highest BCUT2D eigenvalue weighted by Crippen LogP contribution is 2.56. The summed E-state index contributed by atoms with van der Waals surface area (Å²) in [4.78, 5) is 59.6. The number of nitrogens with zero attached hydrogens (tertiary/aromatic N) is 2. The lowest BCUT2D eigenvalue weighted by atomic mass is 9.81. The summed E-state index contributed by atoms with van der Waals surface area (Å²) < 4.78 is 5.78. The molecule has 5 unspecified atom stereocenters. The number of rotatable bonds is 8. The average molecular weight is 628 g/mol. The Morgan fingerprint density at radius 2 is 1.57 bits per heavy atom. The van der Waals surface area contributed by atoms with Gasteiger partial charge in [0.1, 0.15) is 0 Å². The van der Waals surface area contributed by atoms with Gasteiger partial charge in [0.15, 0.2) is 6.10 Å². The fourth-order valence-electron chi connectivity index (χ4n) is 7.27. The molecule has 3 fully saturated rings. The SMILES string of the molecule is O=C(OC(CCCl)C(=O)c1ccc(Cl)cc1)c1cc(-c2ccc(N3C(=O)C4C5CCC(C5)C4C3=O)cc2)nc2ccccc12. The van der Waals surface area contributed by atoms with Gasteiger partial charge in [0, 0.05) is 33.8 Å². The number of aromatic nitrogens is 1. The molecule has 4 aromatic rings. The van der Waals surface area contributed by atoms with Crippen LogP contribution in [0.3, 0.4) is 0 Å². The van der Waals surface area contributed by atoms with Crippen LogP contribution in [0.2, 0.25) is 5.02 Å². The Hall–Kier alpha value is -4.07. The van der Waals surface area contributed by atoms with Crippen molar-refractivity contribution in [3.8, 4) is 11.3 Å². The van der Waals surface area contributed by atoms with E-state index in [0.717, 1.165) is 19.3 Å². The summed E-state index contributed by atoms with van der Waals surface area (Å²) in [5.41, 5.74) is 2.95. The zero-order valence-corrected chi connectivity index (χ0v) is 25.1. The molecule has 9 heteroatoms. The van der Waals surface area contributed by atoms with Crippen molar-refractivity contribution in [1.82, 2.24) is 4.98 Å². The number of alkyl halides is 1. The Labute approximate surface area is 264 Å². The molecule has 7 rings (SSSR count). The molecule has 7 nitrogen and oxygen atoms in total. The largest absolute Gasteiger partial charge is 0.450 e. The number of hydrogen-bond donors (Lipinski definition) is 0. The van der Waals surface area contributed by atoms with Crippen LogP contribution in [0.25, 0.3) is 22.2 Å². The number of ketones is 1. The van der Waals surface area contributed by atoms with E-state index >= 15 is 0 Å². The number of esters is 1. The molecule has 1 aliphatic heterocycles. The lowest BCUT2D eigenvalue weighted by Gasteiger charge is -2.19. The summed E-state index contributed by atoms with van der Waals surface area (Å²) in [6.45, 7) is 0. The minimum atomic E-state index is -1.08. The average Bonchev–Trinajstić information content (AvgIpc) is 3.73. The predicted octanol–water partition coefficient (Wildman–Crippen LogP) is 7.13. The number of carbonyl (C=O) groups is 4. The molecule has 2 amide bonds. The summed E-state index contributed by atoms with van der Waals surface area (Å²) in [7, 11) is 0. The first-order valence-corrected chi connectivity index (χ1v) is 15.7. The monoisotopic (exact) mass is 626 g/mol. The minimum absolute atomic E-state index is 0.0894. The second-order valence-corrected chi connectivity index (χ2v) is 12.6. The highest BCUT2D eigenvalue weighted by Gasteiger charge is 2.61. The molecule has 1 aromatic heterocycles. The van der Waals surface area contributed by atoms with Gasteiger partial charge < -0.3 is 4.74 Å². The van der Waals surface area contributed by atoms with Gasteiger partial charge in [0.2, 0.25) is 17.6 Å². The van der Waals surface area contributed by atoms with Crippen molar-refractivity contribution >= 4 is 63.4 Å². The Morgan fingerprint density at radius 1 is 0.909 bits per heavy atom. The summed E-state index contributed by atoms with van der Waals surface area (Å²) in [5.74, 6) is -0.844. The van der Waals surface area contributed by atoms with E-state index in [1.54, 1.807) is 72.8 Å². The van der Waals surface area contributed by atoms with E-state index in [1.807, 2.05) is 6.07 Å². The van der Waals surface area contributed by atoms with Crippen LogP contribution in [-0.4, -0.2) is 40.5 Å². The van der Waals surface area contributed by atoms with Crippen molar-refractivity contribution in [2.75, 3.05) is 10.8 Å². The number of amides is 2. The van der Waals surface area contributed by atoms with Crippen LogP contribution in [-0.2, 0) is 14.3 Å². The van der Waals surface area contributed by atoms with Gasteiger partial charge in [-0.15, -0.1) is 11.6 Å². The summed E-state index contributed by atoms with van der Waals surface area (Å²) in [6, 6.07) is 22.3. The summed E-state index contributed by atoms with van der Waals surface area (Å²) in [5, 5.41) is 1.07. The van der Waals surface area contributed by atoms with Crippen molar-refractivity contribution in [2.45, 2.75) is 31.8 Å². The van der Waals surface area contributed by atoms with E-state index < -0.39 is 12.1 Å². The molecule has 5 atom stereocenters. The minimum Gasteiger partial charge on any atom is -0.450 e. The first-order valence-electron chi connectivity index (χ1n) is 14.8. The number of halogens is 2. The third-order valence-corrected chi connectivity index (χ3v) is 9.80. The Balaban J connectivity index is 1.17. The Morgan fingerprint density at radius 3 is 2.23 bits per heavy atom. The van der Waals surface area contributed by atoms with Gasteiger partial charge in [0.05, 0.1) is 34.3 Å². The molecule has 2 saturated carbocycles. The highest BCUT2D eigenvalue weighted by molar-refractivity contribution is 6.30. The molecule has 2 bridgehead atoms. The Bertz CT molecular complexity index is 1780. The number of anilines is 1. The number of carbonyl (C=O) groups excluding carboxylic acids is 4. The van der Waals surface area contributed by atoms with Crippen LogP contribution in [0, 0.1) is 23.7 Å². The smallest absolute Gasteiger partial charge is 0.339 e. The first-order chi connectivity index (χ1) is 21.3. The van der Waals surface area contributed by atoms with Crippen LogP contribution in [0.15, 0.2) is 78.9 Å². The van der Waals surface area contributed by atoms with Crippen LogP contribution < -0.4 is 4.90 Å². The molecule has 0 radical (unpaired) electrons. The van der Waals surface area contributed by atoms with Crippen molar-refractivity contribution in [3.63, 3.8) is 0 Å². The number of fused-ring (bicyclic) bond motifs is 6. The molecule has 2 heterocycles. The maximum absolute atomic E-state index is 13.6. The number of benzene rings is 3. The fourth-order valence-corrected chi connectivity index (χ4v) is 7.60. The van der Waals surface area contributed by atoms with Gasteiger partial charge in [-0.25, -0.2) is 9.78 Å². The first kappa shape index (κ1) is 28.7. The highest BCUT2D eigenvalue weighted by atomic mass is 35.5. The quantitative estimate of drug-likeness (QED) is 0.0894. The van der Waals surface area contributed by atoms with E-state index in [9.17, 15) is 19.2 Å². The maximum atomic E-state index is 13.6. The van der Waals surface area contributed by atoms with Crippen molar-refractivity contribution in [2.24, 2.45) is 23.7 Å². The molecular weight excluding hydrogens is 599 g/mol. The van der Waals surface area contributed by atoms with Gasteiger partial charge in [-0.3, -0.25) is 19.3 Å². The molecule has 0 spiro atoms. The van der Waals surface area contributed by atoms with Crippen LogP contribution in [0.1, 0.15) is 46.4 Å².